The third kappa shape index (κ3) is 4.52. The first kappa shape index (κ1) is 20.3. The minimum atomic E-state index is -0.330. The Bertz CT molecular complexity index is 680. The number of piperidine rings is 1. The van der Waals surface area contributed by atoms with Gasteiger partial charge in [0.05, 0.1) is 18.2 Å². The van der Waals surface area contributed by atoms with Gasteiger partial charge in [-0.25, -0.2) is 4.79 Å². The van der Waals surface area contributed by atoms with E-state index in [1.165, 1.54) is 16.2 Å². The Labute approximate surface area is 164 Å². The fourth-order valence-corrected chi connectivity index (χ4v) is 5.26. The summed E-state index contributed by atoms with van der Waals surface area (Å²) in [5, 5.41) is 12.9. The lowest BCUT2D eigenvalue weighted by Crippen LogP contribution is -2.46. The van der Waals surface area contributed by atoms with Crippen molar-refractivity contribution in [2.24, 2.45) is 5.92 Å². The number of fused-ring (bicyclic) bond motifs is 1. The number of amides is 1. The van der Waals surface area contributed by atoms with Crippen molar-refractivity contribution in [2.45, 2.75) is 58.4 Å². The Hall–Kier alpha value is -1.44. The van der Waals surface area contributed by atoms with Crippen LogP contribution in [0.1, 0.15) is 60.3 Å². The van der Waals surface area contributed by atoms with Crippen molar-refractivity contribution < 1.29 is 19.4 Å². The third-order valence-electron chi connectivity index (χ3n) is 5.72. The van der Waals surface area contributed by atoms with Crippen LogP contribution in [-0.4, -0.2) is 54.2 Å². The van der Waals surface area contributed by atoms with E-state index in [-0.39, 0.29) is 24.5 Å². The second kappa shape index (κ2) is 9.17. The van der Waals surface area contributed by atoms with Crippen LogP contribution in [0, 0.1) is 5.92 Å². The van der Waals surface area contributed by atoms with E-state index in [9.17, 15) is 14.7 Å². The third-order valence-corrected chi connectivity index (χ3v) is 6.93. The van der Waals surface area contributed by atoms with Crippen molar-refractivity contribution >= 4 is 28.2 Å². The summed E-state index contributed by atoms with van der Waals surface area (Å²) in [5.41, 5.74) is 1.63. The fourth-order valence-electron chi connectivity index (χ4n) is 3.98. The molecule has 1 atom stereocenters. The van der Waals surface area contributed by atoms with Crippen molar-refractivity contribution in [3.63, 3.8) is 0 Å². The van der Waals surface area contributed by atoms with Gasteiger partial charge < -0.3 is 15.2 Å². The van der Waals surface area contributed by atoms with Gasteiger partial charge in [-0.15, -0.1) is 11.3 Å². The highest BCUT2D eigenvalue weighted by molar-refractivity contribution is 7.17. The maximum Gasteiger partial charge on any atom is 0.341 e. The average Bonchev–Trinajstić information content (AvgIpc) is 3.05. The topological polar surface area (TPSA) is 78.9 Å². The molecule has 27 heavy (non-hydrogen) atoms. The van der Waals surface area contributed by atoms with E-state index in [1.54, 1.807) is 6.92 Å². The number of hydrogen-bond acceptors (Lipinski definition) is 6. The molecule has 2 aliphatic rings. The molecule has 0 bridgehead atoms. The minimum absolute atomic E-state index is 0.0819. The molecule has 1 aliphatic heterocycles. The highest BCUT2D eigenvalue weighted by Gasteiger charge is 2.30. The molecule has 0 radical (unpaired) electrons. The van der Waals surface area contributed by atoms with Crippen LogP contribution in [0.25, 0.3) is 0 Å². The Balaban J connectivity index is 1.73. The van der Waals surface area contributed by atoms with Crippen LogP contribution in [0.4, 0.5) is 5.00 Å². The molecule has 1 aliphatic carbocycles. The van der Waals surface area contributed by atoms with Gasteiger partial charge in [-0.2, -0.15) is 0 Å². The van der Waals surface area contributed by atoms with Gasteiger partial charge in [0.15, 0.2) is 0 Å². The first-order chi connectivity index (χ1) is 13.0. The number of anilines is 1. The highest BCUT2D eigenvalue weighted by Crippen LogP contribution is 2.38. The van der Waals surface area contributed by atoms with Gasteiger partial charge in [-0.05, 0) is 76.9 Å². The van der Waals surface area contributed by atoms with Gasteiger partial charge in [0.25, 0.3) is 0 Å². The van der Waals surface area contributed by atoms with Crippen molar-refractivity contribution in [3.8, 4) is 0 Å². The molecular formula is C20H30N2O4S. The van der Waals surface area contributed by atoms with Crippen LogP contribution in [0.15, 0.2) is 0 Å². The Morgan fingerprint density at radius 3 is 2.67 bits per heavy atom. The second-order valence-electron chi connectivity index (χ2n) is 7.46. The molecule has 1 amide bonds. The van der Waals surface area contributed by atoms with Crippen LogP contribution in [0.5, 0.6) is 0 Å². The number of aryl methyl sites for hydroxylation is 1. The molecule has 1 unspecified atom stereocenters. The predicted octanol–water partition coefficient (Wildman–Crippen LogP) is 2.83. The molecule has 6 nitrogen and oxygen atoms in total. The second-order valence-corrected chi connectivity index (χ2v) is 8.57. The van der Waals surface area contributed by atoms with Crippen molar-refractivity contribution in [1.29, 1.82) is 0 Å². The quantitative estimate of drug-likeness (QED) is 0.726. The number of aliphatic hydroxyl groups is 1. The zero-order chi connectivity index (χ0) is 19.4. The molecule has 150 valence electrons. The lowest BCUT2D eigenvalue weighted by Gasteiger charge is -2.34. The number of carbonyl (C=O) groups excluding carboxylic acids is 2. The average molecular weight is 395 g/mol. The van der Waals surface area contributed by atoms with E-state index in [1.807, 2.05) is 6.92 Å². The molecule has 1 aromatic heterocycles. The maximum absolute atomic E-state index is 12.9. The number of carbonyl (C=O) groups is 2. The molecule has 1 fully saturated rings. The predicted molar refractivity (Wildman–Crippen MR) is 106 cm³/mol. The van der Waals surface area contributed by atoms with Crippen molar-refractivity contribution in [1.82, 2.24) is 4.90 Å². The van der Waals surface area contributed by atoms with Gasteiger partial charge in [0, 0.05) is 11.5 Å². The van der Waals surface area contributed by atoms with E-state index < -0.39 is 0 Å². The minimum Gasteiger partial charge on any atom is -0.462 e. The summed E-state index contributed by atoms with van der Waals surface area (Å²) in [6, 6.07) is -0.265. The number of likely N-dealkylation sites (tertiary alicyclic amines) is 1. The van der Waals surface area contributed by atoms with Crippen molar-refractivity contribution in [2.75, 3.05) is 31.6 Å². The number of nitrogens with one attached hydrogen (secondary N) is 1. The normalized spacial score (nSPS) is 19.4. The highest BCUT2D eigenvalue weighted by atomic mass is 32.1. The lowest BCUT2D eigenvalue weighted by molar-refractivity contribution is -0.121. The first-order valence-electron chi connectivity index (χ1n) is 10.0. The van der Waals surface area contributed by atoms with Gasteiger partial charge in [-0.3, -0.25) is 9.69 Å². The van der Waals surface area contributed by atoms with Crippen LogP contribution in [-0.2, 0) is 22.4 Å². The summed E-state index contributed by atoms with van der Waals surface area (Å²) in [4.78, 5) is 28.7. The van der Waals surface area contributed by atoms with Crippen LogP contribution < -0.4 is 5.32 Å². The molecule has 7 heteroatoms. The number of nitrogens with zero attached hydrogens (tertiary/aromatic N) is 1. The molecule has 1 saturated heterocycles. The number of ether oxygens (including phenoxy) is 1. The van der Waals surface area contributed by atoms with Gasteiger partial charge in [-0.1, -0.05) is 0 Å². The zero-order valence-electron chi connectivity index (χ0n) is 16.3. The van der Waals surface area contributed by atoms with E-state index in [2.05, 4.69) is 10.2 Å². The van der Waals surface area contributed by atoms with Gasteiger partial charge in [0.2, 0.25) is 5.91 Å². The molecule has 2 N–H and O–H groups in total. The summed E-state index contributed by atoms with van der Waals surface area (Å²) in [7, 11) is 0. The van der Waals surface area contributed by atoms with Gasteiger partial charge >= 0.3 is 5.97 Å². The fraction of sp³-hybridized carbons (Fsp3) is 0.700. The van der Waals surface area contributed by atoms with E-state index in [0.29, 0.717) is 23.1 Å². The Morgan fingerprint density at radius 2 is 2.00 bits per heavy atom. The van der Waals surface area contributed by atoms with Crippen LogP contribution >= 0.6 is 11.3 Å². The monoisotopic (exact) mass is 394 g/mol. The number of hydrogen-bond donors (Lipinski definition) is 2. The molecule has 0 saturated carbocycles. The summed E-state index contributed by atoms with van der Waals surface area (Å²) < 4.78 is 5.26. The lowest BCUT2D eigenvalue weighted by atomic mass is 9.95. The summed E-state index contributed by atoms with van der Waals surface area (Å²) >= 11 is 1.53. The van der Waals surface area contributed by atoms with Crippen LogP contribution in [0.3, 0.4) is 0 Å². The number of rotatable bonds is 6. The number of aliphatic hydroxyl groups excluding tert-OH is 1. The Kier molecular flexibility index (Phi) is 6.89. The summed E-state index contributed by atoms with van der Waals surface area (Å²) in [6.45, 7) is 5.88. The van der Waals surface area contributed by atoms with Crippen LogP contribution in [0.2, 0.25) is 0 Å². The number of esters is 1. The Morgan fingerprint density at radius 1 is 1.30 bits per heavy atom. The molecular weight excluding hydrogens is 364 g/mol. The molecule has 2 heterocycles. The van der Waals surface area contributed by atoms with E-state index in [4.69, 9.17) is 4.74 Å². The summed E-state index contributed by atoms with van der Waals surface area (Å²) in [5.74, 6) is -0.0684. The zero-order valence-corrected chi connectivity index (χ0v) is 17.1. The van der Waals surface area contributed by atoms with Gasteiger partial charge in [0.1, 0.15) is 5.00 Å². The van der Waals surface area contributed by atoms with E-state index >= 15 is 0 Å². The molecule has 3 rings (SSSR count). The SMILES string of the molecule is CCOC(=O)c1c(NC(=O)C(C)N2CCC(CO)CC2)sc2c1CCCC2. The van der Waals surface area contributed by atoms with E-state index in [0.717, 1.165) is 57.2 Å². The molecule has 0 spiro atoms. The van der Waals surface area contributed by atoms with Crippen molar-refractivity contribution in [3.05, 3.63) is 16.0 Å². The smallest absolute Gasteiger partial charge is 0.341 e. The maximum atomic E-state index is 12.9. The standard InChI is InChI=1S/C20H30N2O4S/c1-3-26-20(25)17-15-6-4-5-7-16(15)27-19(17)21-18(24)13(2)22-10-8-14(12-23)9-11-22/h13-14,23H,3-12H2,1-2H3,(H,21,24). The molecule has 0 aromatic carbocycles. The largest absolute Gasteiger partial charge is 0.462 e. The summed E-state index contributed by atoms with van der Waals surface area (Å²) in [6.07, 6.45) is 5.86. The number of thiophene rings is 1. The molecule has 1 aromatic rings. The first-order valence-corrected chi connectivity index (χ1v) is 10.8.